The van der Waals surface area contributed by atoms with Crippen LogP contribution in [0.5, 0.6) is 0 Å². The summed E-state index contributed by atoms with van der Waals surface area (Å²) in [5, 5.41) is 0. The molecule has 0 aliphatic carbocycles. The van der Waals surface area contributed by atoms with E-state index in [9.17, 15) is 4.79 Å². The third-order valence-corrected chi connectivity index (χ3v) is 2.68. The Kier molecular flexibility index (Phi) is 3.70. The molecule has 0 saturated heterocycles. The van der Waals surface area contributed by atoms with Crippen molar-refractivity contribution >= 4 is 34.7 Å². The zero-order valence-electron chi connectivity index (χ0n) is 6.57. The number of nitrogens with one attached hydrogen (secondary N) is 1. The van der Waals surface area contributed by atoms with Crippen molar-refractivity contribution in [1.82, 2.24) is 4.23 Å². The predicted molar refractivity (Wildman–Crippen MR) is 51.4 cm³/mol. The topological polar surface area (TPSA) is 29.1 Å². The third-order valence-electron chi connectivity index (χ3n) is 1.45. The van der Waals surface area contributed by atoms with E-state index in [4.69, 9.17) is 0 Å². The van der Waals surface area contributed by atoms with E-state index in [2.05, 4.69) is 21.3 Å². The maximum atomic E-state index is 11.3. The van der Waals surface area contributed by atoms with E-state index in [1.807, 2.05) is 30.5 Å². The van der Waals surface area contributed by atoms with Gasteiger partial charge in [-0.15, -0.1) is 0 Å². The minimum atomic E-state index is -0.0556. The Morgan fingerprint density at radius 2 is 2.17 bits per heavy atom. The number of thioether (sulfide) groups is 1. The van der Waals surface area contributed by atoms with Crippen LogP contribution >= 0.6 is 11.8 Å². The zero-order chi connectivity index (χ0) is 8.97. The van der Waals surface area contributed by atoms with E-state index >= 15 is 0 Å². The maximum absolute atomic E-state index is 11.3. The summed E-state index contributed by atoms with van der Waals surface area (Å²) in [6.07, 6.45) is 1.95. The summed E-state index contributed by atoms with van der Waals surface area (Å²) in [7, 11) is 0. The van der Waals surface area contributed by atoms with Gasteiger partial charge in [0, 0.05) is 0 Å². The molecule has 0 aromatic heterocycles. The van der Waals surface area contributed by atoms with E-state index in [0.717, 1.165) is 10.5 Å². The zero-order valence-corrected chi connectivity index (χ0v) is 9.27. The molecule has 62 valence electrons. The summed E-state index contributed by atoms with van der Waals surface area (Å²) < 4.78 is 2.54. The molecule has 1 aromatic carbocycles. The second-order valence-electron chi connectivity index (χ2n) is 2.14. The number of hydrogen-bond donors (Lipinski definition) is 1. The second kappa shape index (κ2) is 4.58. The average Bonchev–Trinajstić information content (AvgIpc) is 2.16. The first-order valence-corrected chi connectivity index (χ1v) is 5.53. The van der Waals surface area contributed by atoms with Gasteiger partial charge in [0.1, 0.15) is 0 Å². The van der Waals surface area contributed by atoms with Gasteiger partial charge in [-0.2, -0.15) is 0 Å². The Morgan fingerprint density at radius 3 is 2.75 bits per heavy atom. The standard InChI is InChI=1S/C8H8AsNOS/c1-12-7-5-3-2-4-6(7)8(11)10-9/h2-5H,1H3,(H,10,11). The monoisotopic (exact) mass is 241 g/mol. The van der Waals surface area contributed by atoms with Crippen LogP contribution in [0.1, 0.15) is 10.4 Å². The van der Waals surface area contributed by atoms with Gasteiger partial charge in [0.05, 0.1) is 0 Å². The molecule has 4 heteroatoms. The molecular formula is C8H8AsNOS. The Morgan fingerprint density at radius 1 is 1.50 bits per heavy atom. The number of benzene rings is 1. The van der Waals surface area contributed by atoms with Crippen LogP contribution in [0, 0.1) is 0 Å². The Bertz CT molecular complexity index is 290. The quantitative estimate of drug-likeness (QED) is 0.623. The van der Waals surface area contributed by atoms with Gasteiger partial charge in [0.15, 0.2) is 0 Å². The SMILES string of the molecule is CSc1ccccc1C(=O)N[As]. The molecule has 1 amide bonds. The molecule has 0 aliphatic heterocycles. The average molecular weight is 241 g/mol. The van der Waals surface area contributed by atoms with Gasteiger partial charge in [-0.25, -0.2) is 0 Å². The summed E-state index contributed by atoms with van der Waals surface area (Å²) in [6.45, 7) is 0. The molecule has 12 heavy (non-hydrogen) atoms. The van der Waals surface area contributed by atoms with Gasteiger partial charge in [-0.3, -0.25) is 0 Å². The molecule has 1 rings (SSSR count). The molecule has 0 fully saturated rings. The first-order chi connectivity index (χ1) is 5.79. The summed E-state index contributed by atoms with van der Waals surface area (Å²) in [5.41, 5.74) is 0.727. The van der Waals surface area contributed by atoms with Gasteiger partial charge in [0.25, 0.3) is 0 Å². The number of amides is 1. The Hall–Kier alpha value is -0.402. The molecule has 2 radical (unpaired) electrons. The van der Waals surface area contributed by atoms with Crippen molar-refractivity contribution < 1.29 is 4.79 Å². The molecular weight excluding hydrogens is 233 g/mol. The molecule has 0 heterocycles. The van der Waals surface area contributed by atoms with Crippen molar-refractivity contribution in [3.63, 3.8) is 0 Å². The normalized spacial score (nSPS) is 9.50. The molecule has 0 bridgehead atoms. The fourth-order valence-corrected chi connectivity index (χ4v) is 1.74. The molecule has 0 aliphatic rings. The van der Waals surface area contributed by atoms with Crippen molar-refractivity contribution in [2.24, 2.45) is 0 Å². The van der Waals surface area contributed by atoms with E-state index in [1.165, 1.54) is 0 Å². The third kappa shape index (κ3) is 2.05. The Labute approximate surface area is 84.8 Å². The molecule has 1 aromatic rings. The van der Waals surface area contributed by atoms with E-state index in [0.29, 0.717) is 0 Å². The van der Waals surface area contributed by atoms with Gasteiger partial charge in [0.2, 0.25) is 0 Å². The first-order valence-electron chi connectivity index (χ1n) is 3.37. The van der Waals surface area contributed by atoms with Crippen LogP contribution in [-0.2, 0) is 0 Å². The first kappa shape index (κ1) is 9.68. The van der Waals surface area contributed by atoms with Gasteiger partial charge < -0.3 is 0 Å². The van der Waals surface area contributed by atoms with Crippen LogP contribution in [0.3, 0.4) is 0 Å². The number of carbonyl (C=O) groups is 1. The van der Waals surface area contributed by atoms with Crippen LogP contribution in [0.2, 0.25) is 0 Å². The van der Waals surface area contributed by atoms with Gasteiger partial charge in [-0.05, 0) is 0 Å². The van der Waals surface area contributed by atoms with Crippen molar-refractivity contribution in [3.05, 3.63) is 29.8 Å². The Balaban J connectivity index is 3.04. The fraction of sp³-hybridized carbons (Fsp3) is 0.125. The summed E-state index contributed by atoms with van der Waals surface area (Å²) in [6, 6.07) is 7.53. The predicted octanol–water partition coefficient (Wildman–Crippen LogP) is 1.22. The van der Waals surface area contributed by atoms with Crippen molar-refractivity contribution in [3.8, 4) is 0 Å². The van der Waals surface area contributed by atoms with E-state index < -0.39 is 0 Å². The molecule has 0 atom stereocenters. The fourth-order valence-electron chi connectivity index (χ4n) is 0.892. The van der Waals surface area contributed by atoms with Crippen molar-refractivity contribution in [2.45, 2.75) is 4.90 Å². The molecule has 2 nitrogen and oxygen atoms in total. The van der Waals surface area contributed by atoms with Crippen molar-refractivity contribution in [2.75, 3.05) is 6.26 Å². The van der Waals surface area contributed by atoms with Crippen molar-refractivity contribution in [1.29, 1.82) is 0 Å². The number of rotatable bonds is 2. The van der Waals surface area contributed by atoms with Crippen LogP contribution in [-0.4, -0.2) is 29.2 Å². The van der Waals surface area contributed by atoms with Gasteiger partial charge >= 0.3 is 84.8 Å². The summed E-state index contributed by atoms with van der Waals surface area (Å²) in [5.74, 6) is -0.0556. The van der Waals surface area contributed by atoms with Crippen LogP contribution in [0.15, 0.2) is 29.2 Å². The molecule has 0 spiro atoms. The van der Waals surface area contributed by atoms with E-state index in [-0.39, 0.29) is 5.91 Å². The van der Waals surface area contributed by atoms with E-state index in [1.54, 1.807) is 11.8 Å². The number of hydrogen-bond acceptors (Lipinski definition) is 2. The van der Waals surface area contributed by atoms with Crippen LogP contribution < -0.4 is 4.23 Å². The summed E-state index contributed by atoms with van der Waals surface area (Å²) in [4.78, 5) is 12.3. The number of carbonyl (C=O) groups excluding carboxylic acids is 1. The van der Waals surface area contributed by atoms with Crippen LogP contribution in [0.4, 0.5) is 0 Å². The van der Waals surface area contributed by atoms with Crippen LogP contribution in [0.25, 0.3) is 0 Å². The van der Waals surface area contributed by atoms with Gasteiger partial charge in [-0.1, -0.05) is 0 Å². The second-order valence-corrected chi connectivity index (χ2v) is 3.46. The molecule has 0 saturated carbocycles. The minimum absolute atomic E-state index is 0.0556. The summed E-state index contributed by atoms with van der Waals surface area (Å²) >= 11 is 3.63. The molecule has 0 unspecified atom stereocenters. The molecule has 1 N–H and O–H groups in total.